The second-order valence-corrected chi connectivity index (χ2v) is 4.55. The first-order valence-corrected chi connectivity index (χ1v) is 6.67. The molecule has 0 saturated heterocycles. The van der Waals surface area contributed by atoms with Crippen LogP contribution in [0.25, 0.3) is 0 Å². The van der Waals surface area contributed by atoms with E-state index in [0.29, 0.717) is 5.69 Å². The standard InChI is InChI=1S/C16H16F2N2O/c1-2-11-5-3-6-12(9-11)20-15(21)10-19-16-13(17)7-4-8-14(16)18/h3-9,19H,2,10H2,1H3,(H,20,21). The summed E-state index contributed by atoms with van der Waals surface area (Å²) in [5.41, 5.74) is 1.46. The SMILES string of the molecule is CCc1cccc(NC(=O)CNc2c(F)cccc2F)c1. The van der Waals surface area contributed by atoms with Crippen LogP contribution < -0.4 is 10.6 Å². The van der Waals surface area contributed by atoms with E-state index in [9.17, 15) is 13.6 Å². The van der Waals surface area contributed by atoms with Crippen LogP contribution in [0, 0.1) is 11.6 Å². The van der Waals surface area contributed by atoms with Crippen molar-refractivity contribution in [2.24, 2.45) is 0 Å². The number of anilines is 2. The number of aryl methyl sites for hydroxylation is 1. The largest absolute Gasteiger partial charge is 0.371 e. The summed E-state index contributed by atoms with van der Waals surface area (Å²) >= 11 is 0. The third-order valence-electron chi connectivity index (χ3n) is 3.01. The number of nitrogens with one attached hydrogen (secondary N) is 2. The molecule has 0 aromatic heterocycles. The van der Waals surface area contributed by atoms with E-state index in [1.165, 1.54) is 6.07 Å². The number of benzene rings is 2. The maximum absolute atomic E-state index is 13.4. The van der Waals surface area contributed by atoms with Gasteiger partial charge >= 0.3 is 0 Å². The molecule has 0 bridgehead atoms. The Balaban J connectivity index is 1.96. The lowest BCUT2D eigenvalue weighted by Crippen LogP contribution is -2.22. The number of para-hydroxylation sites is 1. The van der Waals surface area contributed by atoms with Gasteiger partial charge in [0.15, 0.2) is 0 Å². The van der Waals surface area contributed by atoms with Crippen LogP contribution in [0.3, 0.4) is 0 Å². The van der Waals surface area contributed by atoms with Gasteiger partial charge in [-0.15, -0.1) is 0 Å². The molecule has 2 rings (SSSR count). The van der Waals surface area contributed by atoms with E-state index >= 15 is 0 Å². The monoisotopic (exact) mass is 290 g/mol. The first-order chi connectivity index (χ1) is 10.1. The van der Waals surface area contributed by atoms with Gasteiger partial charge in [-0.05, 0) is 36.2 Å². The van der Waals surface area contributed by atoms with Crippen LogP contribution in [0.1, 0.15) is 12.5 Å². The molecule has 21 heavy (non-hydrogen) atoms. The first-order valence-electron chi connectivity index (χ1n) is 6.67. The van der Waals surface area contributed by atoms with E-state index in [4.69, 9.17) is 0 Å². The minimum Gasteiger partial charge on any atom is -0.371 e. The van der Waals surface area contributed by atoms with E-state index in [-0.39, 0.29) is 18.1 Å². The van der Waals surface area contributed by atoms with Crippen LogP contribution in [-0.4, -0.2) is 12.5 Å². The highest BCUT2D eigenvalue weighted by atomic mass is 19.1. The van der Waals surface area contributed by atoms with E-state index < -0.39 is 11.6 Å². The zero-order valence-corrected chi connectivity index (χ0v) is 11.6. The molecule has 2 N–H and O–H groups in total. The third kappa shape index (κ3) is 4.02. The van der Waals surface area contributed by atoms with Crippen molar-refractivity contribution in [1.82, 2.24) is 0 Å². The van der Waals surface area contributed by atoms with Crippen LogP contribution >= 0.6 is 0 Å². The number of hydrogen-bond acceptors (Lipinski definition) is 2. The summed E-state index contributed by atoms with van der Waals surface area (Å²) in [4.78, 5) is 11.8. The molecule has 0 saturated carbocycles. The number of rotatable bonds is 5. The van der Waals surface area contributed by atoms with Crippen LogP contribution in [0.4, 0.5) is 20.2 Å². The van der Waals surface area contributed by atoms with Gasteiger partial charge in [0, 0.05) is 5.69 Å². The smallest absolute Gasteiger partial charge is 0.243 e. The molecule has 0 heterocycles. The number of carbonyl (C=O) groups excluding carboxylic acids is 1. The van der Waals surface area contributed by atoms with Gasteiger partial charge in [-0.1, -0.05) is 25.1 Å². The highest BCUT2D eigenvalue weighted by molar-refractivity contribution is 5.93. The molecule has 0 fully saturated rings. The van der Waals surface area contributed by atoms with Gasteiger partial charge in [0.2, 0.25) is 5.91 Å². The molecule has 0 aliphatic carbocycles. The molecule has 0 radical (unpaired) electrons. The maximum atomic E-state index is 13.4. The second-order valence-electron chi connectivity index (χ2n) is 4.55. The van der Waals surface area contributed by atoms with E-state index in [2.05, 4.69) is 10.6 Å². The molecule has 2 aromatic carbocycles. The average molecular weight is 290 g/mol. The Labute approximate surface area is 122 Å². The predicted molar refractivity (Wildman–Crippen MR) is 79.3 cm³/mol. The Morgan fingerprint density at radius 1 is 1.10 bits per heavy atom. The van der Waals surface area contributed by atoms with Crippen molar-refractivity contribution in [2.45, 2.75) is 13.3 Å². The van der Waals surface area contributed by atoms with Crippen LogP contribution in [0.2, 0.25) is 0 Å². The van der Waals surface area contributed by atoms with Crippen molar-refractivity contribution >= 4 is 17.3 Å². The van der Waals surface area contributed by atoms with Crippen molar-refractivity contribution in [1.29, 1.82) is 0 Å². The summed E-state index contributed by atoms with van der Waals surface area (Å²) in [6.45, 7) is 1.80. The summed E-state index contributed by atoms with van der Waals surface area (Å²) in [5, 5.41) is 5.15. The van der Waals surface area contributed by atoms with Gasteiger partial charge in [-0.3, -0.25) is 4.79 Å². The summed E-state index contributed by atoms with van der Waals surface area (Å²) in [7, 11) is 0. The van der Waals surface area contributed by atoms with Crippen molar-refractivity contribution in [3.63, 3.8) is 0 Å². The molecule has 3 nitrogen and oxygen atoms in total. The highest BCUT2D eigenvalue weighted by Gasteiger charge is 2.09. The Morgan fingerprint density at radius 3 is 2.43 bits per heavy atom. The normalized spacial score (nSPS) is 10.2. The summed E-state index contributed by atoms with van der Waals surface area (Å²) in [6.07, 6.45) is 0.863. The first kappa shape index (κ1) is 15.0. The highest BCUT2D eigenvalue weighted by Crippen LogP contribution is 2.17. The molecule has 0 aliphatic rings. The maximum Gasteiger partial charge on any atom is 0.243 e. The second kappa shape index (κ2) is 6.83. The fourth-order valence-corrected chi connectivity index (χ4v) is 1.91. The molecule has 1 amide bonds. The molecule has 0 spiro atoms. The zero-order chi connectivity index (χ0) is 15.2. The third-order valence-corrected chi connectivity index (χ3v) is 3.01. The lowest BCUT2D eigenvalue weighted by molar-refractivity contribution is -0.114. The summed E-state index contributed by atoms with van der Waals surface area (Å²) in [5.74, 6) is -1.82. The van der Waals surface area contributed by atoms with Gasteiger partial charge in [0.05, 0.1) is 6.54 Å². The molecular weight excluding hydrogens is 274 g/mol. The quantitative estimate of drug-likeness (QED) is 0.883. The molecule has 110 valence electrons. The Morgan fingerprint density at radius 2 is 1.76 bits per heavy atom. The zero-order valence-electron chi connectivity index (χ0n) is 11.6. The Hall–Kier alpha value is -2.43. The Kier molecular flexibility index (Phi) is 4.87. The van der Waals surface area contributed by atoms with Crippen molar-refractivity contribution in [2.75, 3.05) is 17.2 Å². The van der Waals surface area contributed by atoms with Crippen LogP contribution in [0.5, 0.6) is 0 Å². The minimum atomic E-state index is -0.726. The van der Waals surface area contributed by atoms with Gasteiger partial charge in [-0.25, -0.2) is 8.78 Å². The minimum absolute atomic E-state index is 0.214. The number of amides is 1. The molecule has 5 heteroatoms. The summed E-state index contributed by atoms with van der Waals surface area (Å²) < 4.78 is 26.8. The van der Waals surface area contributed by atoms with E-state index in [1.807, 2.05) is 25.1 Å². The van der Waals surface area contributed by atoms with E-state index in [0.717, 1.165) is 24.1 Å². The lowest BCUT2D eigenvalue weighted by Gasteiger charge is -2.10. The van der Waals surface area contributed by atoms with Crippen LogP contribution in [0.15, 0.2) is 42.5 Å². The fraction of sp³-hybridized carbons (Fsp3) is 0.188. The lowest BCUT2D eigenvalue weighted by atomic mass is 10.1. The van der Waals surface area contributed by atoms with Gasteiger partial charge < -0.3 is 10.6 Å². The number of halogens is 2. The molecule has 0 aliphatic heterocycles. The molecular formula is C16H16F2N2O. The molecule has 0 atom stereocenters. The fourth-order valence-electron chi connectivity index (χ4n) is 1.91. The number of carbonyl (C=O) groups is 1. The van der Waals surface area contributed by atoms with Crippen molar-refractivity contribution in [3.8, 4) is 0 Å². The topological polar surface area (TPSA) is 41.1 Å². The average Bonchev–Trinajstić information content (AvgIpc) is 2.47. The molecule has 0 unspecified atom stereocenters. The number of hydrogen-bond donors (Lipinski definition) is 2. The Bertz CT molecular complexity index is 624. The van der Waals surface area contributed by atoms with Crippen LogP contribution in [-0.2, 0) is 11.2 Å². The van der Waals surface area contributed by atoms with E-state index in [1.54, 1.807) is 6.07 Å². The summed E-state index contributed by atoms with van der Waals surface area (Å²) in [6, 6.07) is 11.0. The van der Waals surface area contributed by atoms with Crippen molar-refractivity contribution in [3.05, 3.63) is 59.7 Å². The van der Waals surface area contributed by atoms with Gasteiger partial charge in [-0.2, -0.15) is 0 Å². The van der Waals surface area contributed by atoms with Gasteiger partial charge in [0.25, 0.3) is 0 Å². The van der Waals surface area contributed by atoms with Gasteiger partial charge in [0.1, 0.15) is 17.3 Å². The van der Waals surface area contributed by atoms with Crippen molar-refractivity contribution < 1.29 is 13.6 Å². The molecule has 2 aromatic rings. The predicted octanol–water partition coefficient (Wildman–Crippen LogP) is 3.58.